The molecule has 1 aromatic carbocycles. The van der Waals surface area contributed by atoms with Crippen molar-refractivity contribution in [2.75, 3.05) is 32.7 Å². The Balaban J connectivity index is 1.98. The number of halogens is 1. The Morgan fingerprint density at radius 2 is 1.72 bits per heavy atom. The summed E-state index contributed by atoms with van der Waals surface area (Å²) < 4.78 is 0. The van der Waals surface area contributed by atoms with E-state index >= 15 is 0 Å². The van der Waals surface area contributed by atoms with Crippen LogP contribution in [0.15, 0.2) is 24.3 Å². The van der Waals surface area contributed by atoms with E-state index in [1.807, 2.05) is 26.0 Å². The summed E-state index contributed by atoms with van der Waals surface area (Å²) in [6, 6.07) is 6.57. The summed E-state index contributed by atoms with van der Waals surface area (Å²) in [7, 11) is 0. The van der Waals surface area contributed by atoms with Gasteiger partial charge in [0, 0.05) is 37.7 Å². The number of piperazine rings is 1. The minimum absolute atomic E-state index is 0.0550. The molecule has 2 amide bonds. The molecule has 1 fully saturated rings. The fourth-order valence-electron chi connectivity index (χ4n) is 3.14. The summed E-state index contributed by atoms with van der Waals surface area (Å²) in [5, 5.41) is 3.56. The number of hydrogen-bond donors (Lipinski definition) is 2. The lowest BCUT2D eigenvalue weighted by Gasteiger charge is -2.40. The van der Waals surface area contributed by atoms with E-state index in [9.17, 15) is 9.59 Å². The Kier molecular flexibility index (Phi) is 7.23. The lowest BCUT2D eigenvalue weighted by atomic mass is 10.0. The van der Waals surface area contributed by atoms with Gasteiger partial charge in [0.2, 0.25) is 11.8 Å². The summed E-state index contributed by atoms with van der Waals surface area (Å²) in [5.74, 6) is -0.316. The SMILES string of the molecule is CCCNC(=O)[C@H](C)N1CCN([C@@H](C(N)=O)c2ccc(Cl)cc2)CC1. The van der Waals surface area contributed by atoms with Crippen molar-refractivity contribution in [2.24, 2.45) is 5.73 Å². The first kappa shape index (κ1) is 19.7. The fourth-order valence-corrected chi connectivity index (χ4v) is 3.27. The maximum atomic E-state index is 12.1. The molecule has 0 radical (unpaired) electrons. The molecule has 6 nitrogen and oxygen atoms in total. The lowest BCUT2D eigenvalue weighted by molar-refractivity contribution is -0.129. The Labute approximate surface area is 154 Å². The van der Waals surface area contributed by atoms with Gasteiger partial charge in [-0.3, -0.25) is 19.4 Å². The maximum absolute atomic E-state index is 12.1. The molecule has 25 heavy (non-hydrogen) atoms. The van der Waals surface area contributed by atoms with E-state index in [1.165, 1.54) is 0 Å². The van der Waals surface area contributed by atoms with Crippen molar-refractivity contribution >= 4 is 23.4 Å². The molecule has 0 saturated carbocycles. The number of nitrogens with two attached hydrogens (primary N) is 1. The highest BCUT2D eigenvalue weighted by atomic mass is 35.5. The zero-order valence-corrected chi connectivity index (χ0v) is 15.6. The third kappa shape index (κ3) is 5.17. The van der Waals surface area contributed by atoms with Crippen LogP contribution in [0.5, 0.6) is 0 Å². The van der Waals surface area contributed by atoms with Crippen LogP contribution in [0.1, 0.15) is 31.9 Å². The van der Waals surface area contributed by atoms with Crippen LogP contribution in [0.25, 0.3) is 0 Å². The van der Waals surface area contributed by atoms with Gasteiger partial charge in [-0.25, -0.2) is 0 Å². The molecule has 0 aromatic heterocycles. The van der Waals surface area contributed by atoms with E-state index < -0.39 is 6.04 Å². The molecule has 0 unspecified atom stereocenters. The van der Waals surface area contributed by atoms with E-state index in [1.54, 1.807) is 12.1 Å². The fraction of sp³-hybridized carbons (Fsp3) is 0.556. The van der Waals surface area contributed by atoms with Crippen molar-refractivity contribution < 1.29 is 9.59 Å². The average molecular weight is 367 g/mol. The summed E-state index contributed by atoms with van der Waals surface area (Å²) in [5.41, 5.74) is 6.49. The number of hydrogen-bond acceptors (Lipinski definition) is 4. The number of rotatable bonds is 7. The van der Waals surface area contributed by atoms with Crippen LogP contribution < -0.4 is 11.1 Å². The average Bonchev–Trinajstić information content (AvgIpc) is 2.61. The van der Waals surface area contributed by atoms with Crippen molar-refractivity contribution in [1.82, 2.24) is 15.1 Å². The van der Waals surface area contributed by atoms with Crippen molar-refractivity contribution in [2.45, 2.75) is 32.4 Å². The van der Waals surface area contributed by atoms with Gasteiger partial charge in [0.1, 0.15) is 6.04 Å². The highest BCUT2D eigenvalue weighted by molar-refractivity contribution is 6.30. The molecular weight excluding hydrogens is 340 g/mol. The van der Waals surface area contributed by atoms with E-state index in [4.69, 9.17) is 17.3 Å². The Morgan fingerprint density at radius 1 is 1.16 bits per heavy atom. The summed E-state index contributed by atoms with van der Waals surface area (Å²) in [6.45, 7) is 7.46. The standard InChI is InChI=1S/C18H27ClN4O2/c1-3-8-21-18(25)13(2)22-9-11-23(12-10-22)16(17(20)24)14-4-6-15(19)7-5-14/h4-7,13,16H,3,8-12H2,1-2H3,(H2,20,24)(H,21,25)/t13-,16+/m0/s1. The van der Waals surface area contributed by atoms with Gasteiger partial charge in [0.05, 0.1) is 6.04 Å². The summed E-state index contributed by atoms with van der Waals surface area (Å²) in [4.78, 5) is 28.3. The van der Waals surface area contributed by atoms with Crippen molar-refractivity contribution in [3.63, 3.8) is 0 Å². The quantitative estimate of drug-likeness (QED) is 0.764. The Morgan fingerprint density at radius 3 is 2.24 bits per heavy atom. The number of carbonyl (C=O) groups excluding carboxylic acids is 2. The first-order valence-corrected chi connectivity index (χ1v) is 9.12. The van der Waals surface area contributed by atoms with Crippen LogP contribution >= 0.6 is 11.6 Å². The monoisotopic (exact) mass is 366 g/mol. The van der Waals surface area contributed by atoms with Gasteiger partial charge in [-0.2, -0.15) is 0 Å². The minimum Gasteiger partial charge on any atom is -0.368 e. The Hall–Kier alpha value is -1.63. The normalized spacial score (nSPS) is 18.5. The predicted octanol–water partition coefficient (Wildman–Crippen LogP) is 1.40. The van der Waals surface area contributed by atoms with Crippen LogP contribution in [0.2, 0.25) is 5.02 Å². The van der Waals surface area contributed by atoms with Gasteiger partial charge in [-0.15, -0.1) is 0 Å². The van der Waals surface area contributed by atoms with Gasteiger partial charge < -0.3 is 11.1 Å². The molecule has 0 aliphatic carbocycles. The molecule has 1 saturated heterocycles. The molecule has 138 valence electrons. The molecule has 2 rings (SSSR count). The molecule has 0 bridgehead atoms. The molecule has 3 N–H and O–H groups in total. The molecule has 1 aromatic rings. The lowest BCUT2D eigenvalue weighted by Crippen LogP contribution is -2.55. The molecule has 1 aliphatic rings. The van der Waals surface area contributed by atoms with E-state index in [0.29, 0.717) is 24.7 Å². The van der Waals surface area contributed by atoms with Crippen LogP contribution in [0.4, 0.5) is 0 Å². The van der Waals surface area contributed by atoms with Crippen LogP contribution in [-0.4, -0.2) is 60.4 Å². The largest absolute Gasteiger partial charge is 0.368 e. The first-order valence-electron chi connectivity index (χ1n) is 8.74. The summed E-state index contributed by atoms with van der Waals surface area (Å²) in [6.07, 6.45) is 0.924. The zero-order valence-electron chi connectivity index (χ0n) is 14.9. The number of carbonyl (C=O) groups is 2. The van der Waals surface area contributed by atoms with Crippen molar-refractivity contribution in [1.29, 1.82) is 0 Å². The molecular formula is C18H27ClN4O2. The van der Waals surface area contributed by atoms with E-state index in [-0.39, 0.29) is 17.9 Å². The number of benzene rings is 1. The number of nitrogens with zero attached hydrogens (tertiary/aromatic N) is 2. The molecule has 1 aliphatic heterocycles. The highest BCUT2D eigenvalue weighted by Gasteiger charge is 2.31. The molecule has 7 heteroatoms. The number of nitrogens with one attached hydrogen (secondary N) is 1. The van der Waals surface area contributed by atoms with Crippen LogP contribution in [-0.2, 0) is 9.59 Å². The van der Waals surface area contributed by atoms with Gasteiger partial charge in [-0.05, 0) is 31.0 Å². The highest BCUT2D eigenvalue weighted by Crippen LogP contribution is 2.24. The van der Waals surface area contributed by atoms with Crippen molar-refractivity contribution in [3.05, 3.63) is 34.9 Å². The third-order valence-corrected chi connectivity index (χ3v) is 4.90. The second-order valence-electron chi connectivity index (χ2n) is 6.40. The zero-order chi connectivity index (χ0) is 18.4. The second kappa shape index (κ2) is 9.17. The van der Waals surface area contributed by atoms with Gasteiger partial charge in [-0.1, -0.05) is 30.7 Å². The molecule has 2 atom stereocenters. The summed E-state index contributed by atoms with van der Waals surface area (Å²) >= 11 is 5.93. The second-order valence-corrected chi connectivity index (χ2v) is 6.83. The van der Waals surface area contributed by atoms with E-state index in [2.05, 4.69) is 15.1 Å². The van der Waals surface area contributed by atoms with Crippen molar-refractivity contribution in [3.8, 4) is 0 Å². The maximum Gasteiger partial charge on any atom is 0.239 e. The third-order valence-electron chi connectivity index (χ3n) is 4.65. The topological polar surface area (TPSA) is 78.7 Å². The first-order chi connectivity index (χ1) is 11.9. The van der Waals surface area contributed by atoms with Gasteiger partial charge in [0.25, 0.3) is 0 Å². The molecule has 1 heterocycles. The van der Waals surface area contributed by atoms with Gasteiger partial charge >= 0.3 is 0 Å². The van der Waals surface area contributed by atoms with E-state index in [0.717, 1.165) is 25.1 Å². The van der Waals surface area contributed by atoms with Crippen LogP contribution in [0.3, 0.4) is 0 Å². The van der Waals surface area contributed by atoms with Crippen LogP contribution in [0, 0.1) is 0 Å². The van der Waals surface area contributed by atoms with Gasteiger partial charge in [0.15, 0.2) is 0 Å². The predicted molar refractivity (Wildman–Crippen MR) is 99.3 cm³/mol. The Bertz CT molecular complexity index is 585. The minimum atomic E-state index is -0.469. The molecule has 0 spiro atoms. The number of primary amides is 1. The number of amides is 2. The smallest absolute Gasteiger partial charge is 0.239 e.